The van der Waals surface area contributed by atoms with E-state index in [-0.39, 0.29) is 11.1 Å². The Bertz CT molecular complexity index is 765. The van der Waals surface area contributed by atoms with Gasteiger partial charge < -0.3 is 5.32 Å². The molecule has 4 nitrogen and oxygen atoms in total. The molecule has 1 aromatic heterocycles. The SMILES string of the molecule is Cc1c(-c2ccc(C#N)cc2C(F)F)nnc2c1CCCN2. The van der Waals surface area contributed by atoms with Crippen molar-refractivity contribution in [2.75, 3.05) is 11.9 Å². The van der Waals surface area contributed by atoms with E-state index < -0.39 is 6.43 Å². The lowest BCUT2D eigenvalue weighted by molar-refractivity contribution is 0.152. The van der Waals surface area contributed by atoms with Gasteiger partial charge in [0, 0.05) is 23.2 Å². The third-order valence-electron chi connectivity index (χ3n) is 3.91. The number of halogens is 2. The van der Waals surface area contributed by atoms with Crippen LogP contribution in [0.5, 0.6) is 0 Å². The summed E-state index contributed by atoms with van der Waals surface area (Å²) >= 11 is 0. The standard InChI is InChI=1S/C16H14F2N4/c1-9-11-3-2-6-20-16(11)22-21-14(9)12-5-4-10(8-19)7-13(12)15(17)18/h4-5,7,15H,2-3,6H2,1H3,(H,20,22). The summed E-state index contributed by atoms with van der Waals surface area (Å²) in [6.45, 7) is 2.73. The van der Waals surface area contributed by atoms with E-state index in [4.69, 9.17) is 5.26 Å². The number of hydrogen-bond acceptors (Lipinski definition) is 4. The molecule has 0 unspecified atom stereocenters. The Balaban J connectivity index is 2.18. The van der Waals surface area contributed by atoms with Gasteiger partial charge in [-0.2, -0.15) is 5.26 Å². The molecule has 0 fully saturated rings. The van der Waals surface area contributed by atoms with E-state index in [0.717, 1.165) is 36.3 Å². The summed E-state index contributed by atoms with van der Waals surface area (Å²) in [5.41, 5.74) is 2.73. The van der Waals surface area contributed by atoms with Crippen molar-refractivity contribution in [3.8, 4) is 17.3 Å². The third kappa shape index (κ3) is 2.39. The van der Waals surface area contributed by atoms with E-state index in [1.807, 2.05) is 13.0 Å². The molecule has 22 heavy (non-hydrogen) atoms. The van der Waals surface area contributed by atoms with Crippen LogP contribution in [-0.2, 0) is 6.42 Å². The van der Waals surface area contributed by atoms with Crippen molar-refractivity contribution in [1.29, 1.82) is 5.26 Å². The normalized spacial score (nSPS) is 13.4. The maximum Gasteiger partial charge on any atom is 0.264 e. The Morgan fingerprint density at radius 3 is 2.86 bits per heavy atom. The van der Waals surface area contributed by atoms with Crippen LogP contribution in [0.15, 0.2) is 18.2 Å². The molecule has 1 aliphatic heterocycles. The molecular weight excluding hydrogens is 286 g/mol. The van der Waals surface area contributed by atoms with Crippen molar-refractivity contribution in [2.45, 2.75) is 26.2 Å². The number of rotatable bonds is 2. The monoisotopic (exact) mass is 300 g/mol. The molecule has 2 heterocycles. The molecule has 6 heteroatoms. The first kappa shape index (κ1) is 14.4. The van der Waals surface area contributed by atoms with Crippen LogP contribution in [-0.4, -0.2) is 16.7 Å². The van der Waals surface area contributed by atoms with Gasteiger partial charge in [0.25, 0.3) is 6.43 Å². The van der Waals surface area contributed by atoms with E-state index in [1.54, 1.807) is 0 Å². The minimum Gasteiger partial charge on any atom is -0.368 e. The molecule has 0 aliphatic carbocycles. The first-order valence-electron chi connectivity index (χ1n) is 7.04. The summed E-state index contributed by atoms with van der Waals surface area (Å²) in [6.07, 6.45) is -0.830. The average molecular weight is 300 g/mol. The van der Waals surface area contributed by atoms with Gasteiger partial charge in [0.05, 0.1) is 17.3 Å². The number of nitriles is 1. The van der Waals surface area contributed by atoms with Crippen molar-refractivity contribution in [2.24, 2.45) is 0 Å². The second-order valence-electron chi connectivity index (χ2n) is 5.25. The van der Waals surface area contributed by atoms with Gasteiger partial charge in [0.1, 0.15) is 0 Å². The number of aromatic nitrogens is 2. The molecule has 112 valence electrons. The van der Waals surface area contributed by atoms with Crippen molar-refractivity contribution in [1.82, 2.24) is 10.2 Å². The minimum absolute atomic E-state index is 0.180. The highest BCUT2D eigenvalue weighted by Gasteiger charge is 2.21. The van der Waals surface area contributed by atoms with E-state index in [1.165, 1.54) is 18.2 Å². The zero-order valence-electron chi connectivity index (χ0n) is 12.0. The van der Waals surface area contributed by atoms with E-state index in [0.29, 0.717) is 11.3 Å². The summed E-state index contributed by atoms with van der Waals surface area (Å²) < 4.78 is 26.7. The van der Waals surface area contributed by atoms with Gasteiger partial charge in [-0.25, -0.2) is 8.78 Å². The van der Waals surface area contributed by atoms with Crippen LogP contribution in [0.4, 0.5) is 14.6 Å². The molecular formula is C16H14F2N4. The third-order valence-corrected chi connectivity index (χ3v) is 3.91. The lowest BCUT2D eigenvalue weighted by Gasteiger charge is -2.20. The Kier molecular flexibility index (Phi) is 3.72. The molecule has 0 atom stereocenters. The summed E-state index contributed by atoms with van der Waals surface area (Å²) in [4.78, 5) is 0. The number of nitrogens with one attached hydrogen (secondary N) is 1. The first-order valence-corrected chi connectivity index (χ1v) is 7.04. The minimum atomic E-state index is -2.67. The molecule has 0 spiro atoms. The number of alkyl halides is 2. The number of nitrogens with zero attached hydrogens (tertiary/aromatic N) is 3. The zero-order chi connectivity index (χ0) is 15.7. The van der Waals surface area contributed by atoms with Crippen molar-refractivity contribution in [3.63, 3.8) is 0 Å². The van der Waals surface area contributed by atoms with E-state index in [2.05, 4.69) is 15.5 Å². The molecule has 0 amide bonds. The van der Waals surface area contributed by atoms with Crippen LogP contribution in [0.3, 0.4) is 0 Å². The molecule has 0 saturated heterocycles. The molecule has 2 aromatic rings. The van der Waals surface area contributed by atoms with Crippen LogP contribution in [0.25, 0.3) is 11.3 Å². The highest BCUT2D eigenvalue weighted by molar-refractivity contribution is 5.71. The van der Waals surface area contributed by atoms with E-state index in [9.17, 15) is 8.78 Å². The van der Waals surface area contributed by atoms with Gasteiger partial charge in [0.2, 0.25) is 0 Å². The largest absolute Gasteiger partial charge is 0.368 e. The van der Waals surface area contributed by atoms with Gasteiger partial charge in [-0.1, -0.05) is 6.07 Å². The summed E-state index contributed by atoms with van der Waals surface area (Å²) in [5.74, 6) is 0.736. The molecule has 1 aliphatic rings. The van der Waals surface area contributed by atoms with Gasteiger partial charge >= 0.3 is 0 Å². The highest BCUT2D eigenvalue weighted by atomic mass is 19.3. The van der Waals surface area contributed by atoms with Gasteiger partial charge in [-0.05, 0) is 37.5 Å². The summed E-state index contributed by atoms with van der Waals surface area (Å²) in [7, 11) is 0. The second-order valence-corrected chi connectivity index (χ2v) is 5.25. The predicted octanol–water partition coefficient (Wildman–Crippen LogP) is 3.62. The fourth-order valence-electron chi connectivity index (χ4n) is 2.76. The topological polar surface area (TPSA) is 61.6 Å². The molecule has 0 bridgehead atoms. The Labute approximate surface area is 126 Å². The van der Waals surface area contributed by atoms with Gasteiger partial charge in [0.15, 0.2) is 5.82 Å². The van der Waals surface area contributed by atoms with Crippen molar-refractivity contribution < 1.29 is 8.78 Å². The van der Waals surface area contributed by atoms with Crippen molar-refractivity contribution >= 4 is 5.82 Å². The van der Waals surface area contributed by atoms with E-state index >= 15 is 0 Å². The number of anilines is 1. The fourth-order valence-corrected chi connectivity index (χ4v) is 2.76. The molecule has 1 aromatic carbocycles. The Morgan fingerprint density at radius 2 is 2.14 bits per heavy atom. The van der Waals surface area contributed by atoms with Crippen LogP contribution in [0, 0.1) is 18.3 Å². The molecule has 3 rings (SSSR count). The Morgan fingerprint density at radius 1 is 1.32 bits per heavy atom. The first-order chi connectivity index (χ1) is 10.6. The quantitative estimate of drug-likeness (QED) is 0.920. The smallest absolute Gasteiger partial charge is 0.264 e. The number of benzene rings is 1. The van der Waals surface area contributed by atoms with Crippen molar-refractivity contribution in [3.05, 3.63) is 40.5 Å². The van der Waals surface area contributed by atoms with Crippen LogP contribution in [0.2, 0.25) is 0 Å². The number of hydrogen-bond donors (Lipinski definition) is 1. The highest BCUT2D eigenvalue weighted by Crippen LogP contribution is 2.35. The zero-order valence-corrected chi connectivity index (χ0v) is 12.0. The number of fused-ring (bicyclic) bond motifs is 1. The van der Waals surface area contributed by atoms with Gasteiger partial charge in [-0.3, -0.25) is 0 Å². The predicted molar refractivity (Wildman–Crippen MR) is 78.7 cm³/mol. The lowest BCUT2D eigenvalue weighted by atomic mass is 9.94. The molecule has 1 N–H and O–H groups in total. The maximum absolute atomic E-state index is 13.3. The Hall–Kier alpha value is -2.55. The maximum atomic E-state index is 13.3. The fraction of sp³-hybridized carbons (Fsp3) is 0.312. The summed E-state index contributed by atoms with van der Waals surface area (Å²) in [5, 5.41) is 20.3. The van der Waals surface area contributed by atoms with Crippen LogP contribution in [0.1, 0.15) is 35.1 Å². The summed E-state index contributed by atoms with van der Waals surface area (Å²) in [6, 6.07) is 6.16. The average Bonchev–Trinajstić information content (AvgIpc) is 2.55. The van der Waals surface area contributed by atoms with Crippen LogP contribution < -0.4 is 5.32 Å². The van der Waals surface area contributed by atoms with Gasteiger partial charge in [-0.15, -0.1) is 10.2 Å². The molecule has 0 radical (unpaired) electrons. The lowest BCUT2D eigenvalue weighted by Crippen LogP contribution is -2.16. The second kappa shape index (κ2) is 5.68. The van der Waals surface area contributed by atoms with Crippen LogP contribution >= 0.6 is 0 Å². The molecule has 0 saturated carbocycles.